The smallest absolute Gasteiger partial charge is 0.408 e. The number of nitrogens with two attached hydrogens (primary N) is 1. The summed E-state index contributed by atoms with van der Waals surface area (Å²) in [6, 6.07) is 20.9. The highest BCUT2D eigenvalue weighted by Crippen LogP contribution is 2.43. The number of nitrogen functional groups attached to an aromatic ring is 1. The highest BCUT2D eigenvalue weighted by atomic mass is 19.1. The Labute approximate surface area is 295 Å². The zero-order chi connectivity index (χ0) is 35.7. The summed E-state index contributed by atoms with van der Waals surface area (Å²) < 4.78 is 23.9. The van der Waals surface area contributed by atoms with E-state index in [2.05, 4.69) is 10.3 Å². The van der Waals surface area contributed by atoms with Crippen molar-refractivity contribution < 1.29 is 18.7 Å². The van der Waals surface area contributed by atoms with E-state index >= 15 is 4.39 Å². The first kappa shape index (κ1) is 32.7. The molecular weight excluding hydrogens is 647 g/mol. The maximum absolute atomic E-state index is 16.4. The molecule has 6 heterocycles. The molecule has 262 valence electrons. The van der Waals surface area contributed by atoms with Crippen LogP contribution >= 0.6 is 0 Å². The van der Waals surface area contributed by atoms with Crippen LogP contribution in [0.25, 0.3) is 39.5 Å². The van der Waals surface area contributed by atoms with E-state index in [1.54, 1.807) is 37.4 Å². The molecule has 2 amide bonds. The number of hydrogen-bond acceptors (Lipinski definition) is 8. The first-order valence-electron chi connectivity index (χ1n) is 17.5. The maximum Gasteiger partial charge on any atom is 0.408 e. The predicted molar refractivity (Wildman–Crippen MR) is 194 cm³/mol. The third-order valence-corrected chi connectivity index (χ3v) is 10.4. The molecule has 11 nitrogen and oxygen atoms in total. The number of piperidine rings is 1. The summed E-state index contributed by atoms with van der Waals surface area (Å²) in [4.78, 5) is 43.1. The number of fused-ring (bicyclic) bond motifs is 3. The van der Waals surface area contributed by atoms with Crippen molar-refractivity contribution >= 4 is 34.7 Å². The van der Waals surface area contributed by atoms with Crippen molar-refractivity contribution in [1.29, 1.82) is 0 Å². The fourth-order valence-electron chi connectivity index (χ4n) is 7.87. The highest BCUT2D eigenvalue weighted by Gasteiger charge is 2.46. The number of carbonyl (C=O) groups excluding carboxylic acids is 2. The molecule has 9 rings (SSSR count). The van der Waals surface area contributed by atoms with Crippen molar-refractivity contribution in [1.82, 2.24) is 29.7 Å². The SMILES string of the molecule is CC(=O)N1C2CC1CN(c1cccc(-c3ccc4nc(-c5cccnc5N)n(-c5ccc(C6(NC(=O)OC(C)(C)C)CCC6)cc5)c4n3)c1F)C2. The van der Waals surface area contributed by atoms with Gasteiger partial charge in [-0.2, -0.15) is 0 Å². The Hall–Kier alpha value is -5.52. The second-order valence-corrected chi connectivity index (χ2v) is 14.9. The zero-order valence-electron chi connectivity index (χ0n) is 29.2. The van der Waals surface area contributed by atoms with Crippen molar-refractivity contribution in [2.45, 2.75) is 76.6 Å². The topological polar surface area (TPSA) is 132 Å². The number of ether oxygens (including phenoxy) is 1. The minimum Gasteiger partial charge on any atom is -0.444 e. The molecule has 2 aromatic carbocycles. The monoisotopic (exact) mass is 688 g/mol. The van der Waals surface area contributed by atoms with E-state index in [1.807, 2.05) is 77.6 Å². The number of hydrogen-bond donors (Lipinski definition) is 2. The number of aromatic nitrogens is 4. The van der Waals surface area contributed by atoms with Crippen LogP contribution in [0.5, 0.6) is 0 Å². The molecule has 4 fully saturated rings. The van der Waals surface area contributed by atoms with Crippen molar-refractivity contribution in [3.63, 3.8) is 0 Å². The Morgan fingerprint density at radius 1 is 0.961 bits per heavy atom. The lowest BCUT2D eigenvalue weighted by atomic mass is 9.72. The van der Waals surface area contributed by atoms with E-state index in [-0.39, 0.29) is 23.8 Å². The summed E-state index contributed by atoms with van der Waals surface area (Å²) in [5, 5.41) is 3.13. The number of nitrogens with zero attached hydrogens (tertiary/aromatic N) is 6. The number of nitrogens with one attached hydrogen (secondary N) is 1. The summed E-state index contributed by atoms with van der Waals surface area (Å²) >= 11 is 0. The fraction of sp³-hybridized carbons (Fsp3) is 0.359. The van der Waals surface area contributed by atoms with E-state index < -0.39 is 17.2 Å². The predicted octanol–water partition coefficient (Wildman–Crippen LogP) is 6.58. The molecule has 51 heavy (non-hydrogen) atoms. The Morgan fingerprint density at radius 3 is 2.33 bits per heavy atom. The Kier molecular flexibility index (Phi) is 7.73. The van der Waals surface area contributed by atoms with Crippen LogP contribution in [0.4, 0.5) is 20.7 Å². The van der Waals surface area contributed by atoms with Crippen molar-refractivity contribution in [2.75, 3.05) is 23.7 Å². The quantitative estimate of drug-likeness (QED) is 0.205. The van der Waals surface area contributed by atoms with E-state index in [0.29, 0.717) is 58.4 Å². The fourth-order valence-corrected chi connectivity index (χ4v) is 7.87. The first-order chi connectivity index (χ1) is 24.4. The summed E-state index contributed by atoms with van der Waals surface area (Å²) in [5.41, 5.74) is 10.1. The molecule has 3 aliphatic heterocycles. The standard InChI is InChI=1S/C39H41FN8O3/c1-23(49)47-26-20-27(47)22-46(21-26)32-10-5-8-28(33(32)40)30-15-16-31-36(43-30)48(35(44-31)29-9-6-19-42-34(29)41)25-13-11-24(12-14-25)39(17-7-18-39)45-37(50)51-38(2,3)4/h5-6,8-16,19,26-27H,7,17-18,20-22H2,1-4H3,(H2,41,42)(H,45,50). The van der Waals surface area contributed by atoms with Crippen molar-refractivity contribution in [3.05, 3.63) is 84.3 Å². The molecule has 1 aliphatic carbocycles. The number of carbonyl (C=O) groups is 2. The summed E-state index contributed by atoms with van der Waals surface area (Å²) in [6.45, 7) is 8.33. The third kappa shape index (κ3) is 5.72. The third-order valence-electron chi connectivity index (χ3n) is 10.4. The Bertz CT molecular complexity index is 2160. The van der Waals surface area contributed by atoms with Crippen LogP contribution in [0.15, 0.2) is 72.9 Å². The van der Waals surface area contributed by atoms with Gasteiger partial charge in [-0.15, -0.1) is 0 Å². The van der Waals surface area contributed by atoms with Gasteiger partial charge < -0.3 is 25.6 Å². The number of imidazole rings is 1. The molecular formula is C39H41FN8O3. The highest BCUT2D eigenvalue weighted by molar-refractivity contribution is 5.85. The maximum atomic E-state index is 16.4. The molecule has 5 aromatic rings. The van der Waals surface area contributed by atoms with Crippen LogP contribution < -0.4 is 16.0 Å². The van der Waals surface area contributed by atoms with Gasteiger partial charge in [-0.1, -0.05) is 18.2 Å². The van der Waals surface area contributed by atoms with Gasteiger partial charge in [0.15, 0.2) is 17.3 Å². The second-order valence-electron chi connectivity index (χ2n) is 14.9. The average molecular weight is 689 g/mol. The minimum absolute atomic E-state index is 0.0706. The van der Waals surface area contributed by atoms with Crippen LogP contribution in [0.3, 0.4) is 0 Å². The van der Waals surface area contributed by atoms with Gasteiger partial charge in [0.25, 0.3) is 0 Å². The molecule has 0 radical (unpaired) electrons. The molecule has 0 spiro atoms. The largest absolute Gasteiger partial charge is 0.444 e. The van der Waals surface area contributed by atoms with Crippen LogP contribution in [0.1, 0.15) is 58.9 Å². The van der Waals surface area contributed by atoms with Crippen LogP contribution in [0.2, 0.25) is 0 Å². The number of benzene rings is 2. The number of alkyl carbamates (subject to hydrolysis) is 1. The number of anilines is 2. The van der Waals surface area contributed by atoms with Gasteiger partial charge in [0, 0.05) is 37.5 Å². The molecule has 3 aromatic heterocycles. The van der Waals surface area contributed by atoms with Crippen molar-refractivity contribution in [3.8, 4) is 28.3 Å². The van der Waals surface area contributed by atoms with Gasteiger partial charge in [-0.3, -0.25) is 9.36 Å². The van der Waals surface area contributed by atoms with E-state index in [9.17, 15) is 9.59 Å². The van der Waals surface area contributed by atoms with Crippen LogP contribution in [-0.2, 0) is 15.1 Å². The number of piperazine rings is 1. The Morgan fingerprint density at radius 2 is 1.69 bits per heavy atom. The van der Waals surface area contributed by atoms with Crippen molar-refractivity contribution in [2.24, 2.45) is 0 Å². The van der Waals surface area contributed by atoms with Gasteiger partial charge in [0.05, 0.1) is 34.6 Å². The lowest BCUT2D eigenvalue weighted by Crippen LogP contribution is -2.70. The van der Waals surface area contributed by atoms with Gasteiger partial charge in [-0.25, -0.2) is 24.1 Å². The number of halogens is 1. The molecule has 4 aliphatic rings. The molecule has 3 saturated heterocycles. The van der Waals surface area contributed by atoms with E-state index in [4.69, 9.17) is 20.4 Å². The lowest BCUT2D eigenvalue weighted by molar-refractivity contribution is -0.143. The van der Waals surface area contributed by atoms with Crippen LogP contribution in [0, 0.1) is 5.82 Å². The Balaban J connectivity index is 1.18. The van der Waals surface area contributed by atoms with E-state index in [0.717, 1.165) is 36.9 Å². The number of pyridine rings is 2. The van der Waals surface area contributed by atoms with Gasteiger partial charge in [-0.05, 0) is 101 Å². The summed E-state index contributed by atoms with van der Waals surface area (Å²) in [7, 11) is 0. The summed E-state index contributed by atoms with van der Waals surface area (Å²) in [5.74, 6) is 0.592. The van der Waals surface area contributed by atoms with Gasteiger partial charge in [0.1, 0.15) is 16.9 Å². The van der Waals surface area contributed by atoms with Gasteiger partial charge >= 0.3 is 6.09 Å². The number of rotatable bonds is 6. The molecule has 12 heteroatoms. The van der Waals surface area contributed by atoms with Crippen LogP contribution in [-0.4, -0.2) is 67.2 Å². The molecule has 2 atom stereocenters. The normalized spacial score (nSPS) is 19.3. The molecule has 3 N–H and O–H groups in total. The molecule has 2 bridgehead atoms. The average Bonchev–Trinajstić information content (AvgIpc) is 3.44. The van der Waals surface area contributed by atoms with Gasteiger partial charge in [0.2, 0.25) is 5.91 Å². The van der Waals surface area contributed by atoms with E-state index in [1.165, 1.54) is 0 Å². The number of amides is 2. The summed E-state index contributed by atoms with van der Waals surface area (Å²) in [6.07, 6.45) is 4.75. The minimum atomic E-state index is -0.603. The lowest BCUT2D eigenvalue weighted by Gasteiger charge is -2.56. The first-order valence-corrected chi connectivity index (χ1v) is 17.5. The molecule has 2 unspecified atom stereocenters. The zero-order valence-corrected chi connectivity index (χ0v) is 29.2. The molecule has 1 saturated carbocycles. The second kappa shape index (κ2) is 12.1.